The van der Waals surface area contributed by atoms with Crippen LogP contribution in [0.15, 0.2) is 24.5 Å². The van der Waals surface area contributed by atoms with Crippen LogP contribution in [-0.4, -0.2) is 17.8 Å². The first-order valence-corrected chi connectivity index (χ1v) is 4.54. The second kappa shape index (κ2) is 3.22. The Morgan fingerprint density at radius 1 is 1.29 bits per heavy atom. The SMILES string of the molecule is CC(C)(C)[N+](C)(O)c1cc[n+]([O-])cc1. The van der Waals surface area contributed by atoms with Gasteiger partial charge in [-0.1, -0.05) is 0 Å². The highest BCUT2D eigenvalue weighted by Crippen LogP contribution is 2.27. The molecule has 0 aromatic carbocycles. The zero-order valence-electron chi connectivity index (χ0n) is 9.06. The largest absolute Gasteiger partial charge is 0.619 e. The van der Waals surface area contributed by atoms with Crippen LogP contribution < -0.4 is 9.38 Å². The first-order valence-electron chi connectivity index (χ1n) is 4.54. The first kappa shape index (κ1) is 10.9. The topological polar surface area (TPSA) is 47.2 Å². The number of pyridine rings is 1. The molecule has 0 aliphatic rings. The number of aromatic nitrogens is 1. The van der Waals surface area contributed by atoms with Crippen LogP contribution in [0.5, 0.6) is 0 Å². The smallest absolute Gasteiger partial charge is 0.186 e. The number of quaternary nitrogens is 1. The van der Waals surface area contributed by atoms with Crippen molar-refractivity contribution in [1.29, 1.82) is 0 Å². The zero-order chi connectivity index (χ0) is 11.0. The summed E-state index contributed by atoms with van der Waals surface area (Å²) in [6.07, 6.45) is 2.77. The lowest BCUT2D eigenvalue weighted by molar-refractivity contribution is -0.605. The van der Waals surface area contributed by atoms with Crippen molar-refractivity contribution in [3.63, 3.8) is 0 Å². The van der Waals surface area contributed by atoms with Crippen molar-refractivity contribution in [2.24, 2.45) is 0 Å². The normalized spacial score (nSPS) is 16.4. The standard InChI is InChI=1S/C10H17N2O2/c1-10(2,3)12(4,14)9-5-7-11(13)8-6-9/h5-8,14H,1-4H3/q+1. The molecule has 0 saturated heterocycles. The molecular formula is C10H17N2O2+. The molecule has 1 rings (SSSR count). The van der Waals surface area contributed by atoms with Crippen LogP contribution in [0.1, 0.15) is 20.8 Å². The fourth-order valence-electron chi connectivity index (χ4n) is 1.08. The van der Waals surface area contributed by atoms with Crippen LogP contribution in [-0.2, 0) is 0 Å². The van der Waals surface area contributed by atoms with Crippen molar-refractivity contribution in [2.45, 2.75) is 26.3 Å². The lowest BCUT2D eigenvalue weighted by Gasteiger charge is -2.36. The fourth-order valence-corrected chi connectivity index (χ4v) is 1.08. The average Bonchev–Trinajstić information content (AvgIpc) is 2.03. The van der Waals surface area contributed by atoms with Gasteiger partial charge in [-0.15, -0.1) is 4.65 Å². The van der Waals surface area contributed by atoms with Gasteiger partial charge in [0.15, 0.2) is 18.1 Å². The highest BCUT2D eigenvalue weighted by molar-refractivity contribution is 5.38. The molecule has 1 atom stereocenters. The summed E-state index contributed by atoms with van der Waals surface area (Å²) in [5.74, 6) is 0. The van der Waals surface area contributed by atoms with Crippen molar-refractivity contribution in [2.75, 3.05) is 7.05 Å². The van der Waals surface area contributed by atoms with Crippen molar-refractivity contribution in [3.05, 3.63) is 29.7 Å². The summed E-state index contributed by atoms with van der Waals surface area (Å²) in [4.78, 5) is 0. The summed E-state index contributed by atoms with van der Waals surface area (Å²) < 4.78 is 0.458. The summed E-state index contributed by atoms with van der Waals surface area (Å²) in [6, 6.07) is 3.25. The maximum absolute atomic E-state index is 10.8. The van der Waals surface area contributed by atoms with E-state index in [9.17, 15) is 10.4 Å². The summed E-state index contributed by atoms with van der Waals surface area (Å²) in [7, 11) is 1.70. The minimum atomic E-state index is -0.324. The molecule has 78 valence electrons. The Morgan fingerprint density at radius 3 is 2.07 bits per heavy atom. The molecule has 0 amide bonds. The van der Waals surface area contributed by atoms with Crippen LogP contribution in [0, 0.1) is 5.21 Å². The van der Waals surface area contributed by atoms with Gasteiger partial charge in [0.05, 0.1) is 12.1 Å². The second-order valence-electron chi connectivity index (χ2n) is 4.55. The molecule has 0 aliphatic heterocycles. The molecule has 0 bridgehead atoms. The molecule has 1 aromatic heterocycles. The molecule has 0 fully saturated rings. The summed E-state index contributed by atoms with van der Waals surface area (Å²) in [5, 5.41) is 21.1. The Hall–Kier alpha value is -1.13. The molecule has 4 nitrogen and oxygen atoms in total. The van der Waals surface area contributed by atoms with Gasteiger partial charge in [0.25, 0.3) is 0 Å². The van der Waals surface area contributed by atoms with E-state index in [2.05, 4.69) is 0 Å². The van der Waals surface area contributed by atoms with Gasteiger partial charge in [-0.25, -0.2) is 5.21 Å². The summed E-state index contributed by atoms with van der Waals surface area (Å²) >= 11 is 0. The lowest BCUT2D eigenvalue weighted by Crippen LogP contribution is -2.56. The molecule has 1 aromatic rings. The van der Waals surface area contributed by atoms with Gasteiger partial charge in [-0.3, -0.25) is 0 Å². The molecule has 1 unspecified atom stereocenters. The number of nitrogens with zero attached hydrogens (tertiary/aromatic N) is 2. The lowest BCUT2D eigenvalue weighted by atomic mass is 10.1. The third-order valence-electron chi connectivity index (χ3n) is 2.59. The van der Waals surface area contributed by atoms with Crippen LogP contribution in [0.4, 0.5) is 5.69 Å². The van der Waals surface area contributed by atoms with Crippen LogP contribution in [0.2, 0.25) is 0 Å². The number of hydroxylamine groups is 2. The van der Waals surface area contributed by atoms with Crippen molar-refractivity contribution in [3.8, 4) is 0 Å². The maximum atomic E-state index is 10.8. The van der Waals surface area contributed by atoms with E-state index in [4.69, 9.17) is 0 Å². The first-order chi connectivity index (χ1) is 6.25. The Morgan fingerprint density at radius 2 is 1.71 bits per heavy atom. The third kappa shape index (κ3) is 1.86. The Balaban J connectivity index is 3.10. The van der Waals surface area contributed by atoms with Gasteiger partial charge < -0.3 is 5.21 Å². The molecule has 14 heavy (non-hydrogen) atoms. The minimum absolute atomic E-state index is 0.242. The van der Waals surface area contributed by atoms with Crippen molar-refractivity contribution in [1.82, 2.24) is 4.65 Å². The van der Waals surface area contributed by atoms with E-state index < -0.39 is 0 Å². The van der Waals surface area contributed by atoms with Gasteiger partial charge in [-0.05, 0) is 20.8 Å². The van der Waals surface area contributed by atoms with E-state index in [1.165, 1.54) is 12.4 Å². The number of hydrogen-bond donors (Lipinski definition) is 1. The van der Waals surface area contributed by atoms with Crippen molar-refractivity contribution < 1.29 is 9.94 Å². The molecule has 4 heteroatoms. The van der Waals surface area contributed by atoms with Gasteiger partial charge in [-0.2, -0.15) is 4.73 Å². The monoisotopic (exact) mass is 197 g/mol. The quantitative estimate of drug-likeness (QED) is 0.320. The van der Waals surface area contributed by atoms with Gasteiger partial charge >= 0.3 is 0 Å². The van der Waals surface area contributed by atoms with E-state index in [1.54, 1.807) is 19.2 Å². The van der Waals surface area contributed by atoms with E-state index in [1.807, 2.05) is 20.8 Å². The van der Waals surface area contributed by atoms with Gasteiger partial charge in [0, 0.05) is 0 Å². The van der Waals surface area contributed by atoms with E-state index in [-0.39, 0.29) is 10.2 Å². The minimum Gasteiger partial charge on any atom is -0.619 e. The molecule has 0 aliphatic carbocycles. The van der Waals surface area contributed by atoms with Crippen LogP contribution >= 0.6 is 0 Å². The highest BCUT2D eigenvalue weighted by atomic mass is 16.5. The Labute approximate surface area is 84.2 Å². The zero-order valence-corrected chi connectivity index (χ0v) is 9.06. The molecule has 1 heterocycles. The number of rotatable bonds is 1. The van der Waals surface area contributed by atoms with Crippen molar-refractivity contribution >= 4 is 5.69 Å². The molecule has 0 radical (unpaired) electrons. The van der Waals surface area contributed by atoms with E-state index >= 15 is 0 Å². The number of hydrogen-bond acceptors (Lipinski definition) is 2. The highest BCUT2D eigenvalue weighted by Gasteiger charge is 2.38. The van der Waals surface area contributed by atoms with E-state index in [0.717, 1.165) is 0 Å². The van der Waals surface area contributed by atoms with Gasteiger partial charge in [0.2, 0.25) is 0 Å². The molecular weight excluding hydrogens is 180 g/mol. The predicted octanol–water partition coefficient (Wildman–Crippen LogP) is 1.44. The van der Waals surface area contributed by atoms with Crippen LogP contribution in [0.25, 0.3) is 0 Å². The van der Waals surface area contributed by atoms with Gasteiger partial charge in [0.1, 0.15) is 12.6 Å². The molecule has 1 N–H and O–H groups in total. The average molecular weight is 197 g/mol. The summed E-state index contributed by atoms with van der Waals surface area (Å²) in [5.41, 5.74) is 0.374. The maximum Gasteiger partial charge on any atom is 0.186 e. The third-order valence-corrected chi connectivity index (χ3v) is 2.59. The second-order valence-corrected chi connectivity index (χ2v) is 4.55. The molecule has 0 saturated carbocycles. The Kier molecular flexibility index (Phi) is 2.52. The molecule has 0 spiro atoms. The fraction of sp³-hybridized carbons (Fsp3) is 0.500. The summed E-state index contributed by atoms with van der Waals surface area (Å²) in [6.45, 7) is 5.81. The Bertz CT molecular complexity index is 312. The van der Waals surface area contributed by atoms with E-state index in [0.29, 0.717) is 10.4 Å². The predicted molar refractivity (Wildman–Crippen MR) is 54.7 cm³/mol. The van der Waals surface area contributed by atoms with Crippen LogP contribution in [0.3, 0.4) is 0 Å².